The van der Waals surface area contributed by atoms with Crippen LogP contribution in [0.5, 0.6) is 0 Å². The van der Waals surface area contributed by atoms with Crippen molar-refractivity contribution in [1.82, 2.24) is 10.6 Å². The fourth-order valence-electron chi connectivity index (χ4n) is 5.09. The lowest BCUT2D eigenvalue weighted by Gasteiger charge is -2.37. The number of aliphatic hydroxyl groups is 1. The van der Waals surface area contributed by atoms with Crippen LogP contribution in [-0.4, -0.2) is 36.2 Å². The Kier molecular flexibility index (Phi) is 8.82. The van der Waals surface area contributed by atoms with Crippen LogP contribution in [0.4, 0.5) is 4.39 Å². The number of hydrogen-bond acceptors (Lipinski definition) is 4. The largest absolute Gasteiger partial charge is 0.396 e. The van der Waals surface area contributed by atoms with Crippen molar-refractivity contribution >= 4 is 29.1 Å². The zero-order valence-corrected chi connectivity index (χ0v) is 21.8. The molecule has 1 amide bonds. The Bertz CT molecular complexity index is 1100. The normalized spacial score (nSPS) is 24.2. The molecule has 0 aromatic heterocycles. The summed E-state index contributed by atoms with van der Waals surface area (Å²) in [6.45, 7) is 6.57. The third-order valence-corrected chi connectivity index (χ3v) is 6.98. The van der Waals surface area contributed by atoms with Gasteiger partial charge in [-0.2, -0.15) is 5.26 Å². The van der Waals surface area contributed by atoms with Crippen LogP contribution in [0.1, 0.15) is 57.1 Å². The maximum atomic E-state index is 15.5. The smallest absolute Gasteiger partial charge is 0.237 e. The number of hydrogen-bond donors (Lipinski definition) is 3. The number of nitriles is 1. The molecule has 0 spiro atoms. The van der Waals surface area contributed by atoms with Crippen LogP contribution in [-0.2, 0) is 10.2 Å². The number of nitrogens with one attached hydrogen (secondary N) is 2. The molecule has 0 saturated carbocycles. The van der Waals surface area contributed by atoms with E-state index in [-0.39, 0.29) is 28.5 Å². The van der Waals surface area contributed by atoms with Crippen molar-refractivity contribution in [2.24, 2.45) is 5.41 Å². The maximum absolute atomic E-state index is 15.5. The van der Waals surface area contributed by atoms with Crippen molar-refractivity contribution in [3.8, 4) is 6.07 Å². The quantitative estimate of drug-likeness (QED) is 0.410. The van der Waals surface area contributed by atoms with Gasteiger partial charge in [-0.05, 0) is 54.5 Å². The highest BCUT2D eigenvalue weighted by Crippen LogP contribution is 2.52. The number of rotatable bonds is 8. The molecule has 0 bridgehead atoms. The average molecular weight is 520 g/mol. The van der Waals surface area contributed by atoms with Gasteiger partial charge in [0, 0.05) is 40.7 Å². The number of aliphatic hydroxyl groups excluding tert-OH is 1. The van der Waals surface area contributed by atoms with Gasteiger partial charge in [-0.25, -0.2) is 4.39 Å². The second-order valence-electron chi connectivity index (χ2n) is 10.3. The fraction of sp³-hybridized carbons (Fsp3) is 0.481. The predicted molar refractivity (Wildman–Crippen MR) is 137 cm³/mol. The minimum Gasteiger partial charge on any atom is -0.396 e. The van der Waals surface area contributed by atoms with Gasteiger partial charge >= 0.3 is 0 Å². The summed E-state index contributed by atoms with van der Waals surface area (Å²) in [5, 5.41) is 26.9. The Morgan fingerprint density at radius 2 is 1.91 bits per heavy atom. The molecule has 3 rings (SSSR count). The van der Waals surface area contributed by atoms with Crippen molar-refractivity contribution < 1.29 is 14.3 Å². The summed E-state index contributed by atoms with van der Waals surface area (Å²) in [7, 11) is 0. The topological polar surface area (TPSA) is 85.2 Å². The molecular formula is C27H32Cl2FN3O2. The number of benzene rings is 2. The summed E-state index contributed by atoms with van der Waals surface area (Å²) in [4.78, 5) is 13.5. The van der Waals surface area contributed by atoms with E-state index < -0.39 is 29.2 Å². The lowest BCUT2D eigenvalue weighted by molar-refractivity contribution is -0.123. The molecule has 3 N–H and O–H groups in total. The number of halogens is 3. The van der Waals surface area contributed by atoms with E-state index in [1.165, 1.54) is 6.07 Å². The molecule has 5 nitrogen and oxygen atoms in total. The van der Waals surface area contributed by atoms with Gasteiger partial charge in [-0.1, -0.05) is 62.2 Å². The van der Waals surface area contributed by atoms with Crippen molar-refractivity contribution in [2.45, 2.75) is 63.5 Å². The Morgan fingerprint density at radius 1 is 1.20 bits per heavy atom. The van der Waals surface area contributed by atoms with Crippen LogP contribution in [0.2, 0.25) is 10.0 Å². The Hall–Kier alpha value is -2.17. The molecule has 1 aliphatic rings. The highest BCUT2D eigenvalue weighted by Gasteiger charge is 2.60. The van der Waals surface area contributed by atoms with E-state index in [9.17, 15) is 10.1 Å². The molecule has 1 fully saturated rings. The number of carbonyl (C=O) groups is 1. The van der Waals surface area contributed by atoms with Gasteiger partial charge in [-0.15, -0.1) is 0 Å². The van der Waals surface area contributed by atoms with Gasteiger partial charge in [0.1, 0.15) is 11.2 Å². The number of unbranched alkanes of at least 4 members (excludes halogenated alkanes) is 1. The third-order valence-electron chi connectivity index (χ3n) is 6.51. The minimum atomic E-state index is -1.40. The zero-order chi connectivity index (χ0) is 25.8. The number of carbonyl (C=O) groups excluding carboxylic acids is 1. The first-order valence-corrected chi connectivity index (χ1v) is 12.6. The predicted octanol–water partition coefficient (Wildman–Crippen LogP) is 5.34. The zero-order valence-electron chi connectivity index (χ0n) is 20.2. The average Bonchev–Trinajstić information content (AvgIpc) is 3.09. The summed E-state index contributed by atoms with van der Waals surface area (Å²) in [5.41, 5.74) is -0.743. The Labute approximate surface area is 216 Å². The van der Waals surface area contributed by atoms with Gasteiger partial charge in [0.05, 0.1) is 12.1 Å². The molecule has 1 aliphatic heterocycles. The fourth-order valence-corrected chi connectivity index (χ4v) is 5.44. The van der Waals surface area contributed by atoms with Crippen molar-refractivity contribution in [1.29, 1.82) is 5.26 Å². The van der Waals surface area contributed by atoms with Gasteiger partial charge in [0.25, 0.3) is 0 Å². The summed E-state index contributed by atoms with van der Waals surface area (Å²) in [6.07, 6.45) is 1.71. The van der Waals surface area contributed by atoms with Gasteiger partial charge < -0.3 is 15.7 Å². The van der Waals surface area contributed by atoms with E-state index in [0.717, 1.165) is 0 Å². The first-order chi connectivity index (χ1) is 16.5. The molecule has 0 radical (unpaired) electrons. The molecular weight excluding hydrogens is 488 g/mol. The van der Waals surface area contributed by atoms with Crippen LogP contribution in [0.25, 0.3) is 0 Å². The first-order valence-electron chi connectivity index (χ1n) is 11.8. The standard InChI is InChI=1S/C27H32Cl2FN3O2/c1-26(2,3)15-22-27(16-31,20-10-9-19(29)14-21(20)30)23(17-7-6-8-18(28)13-17)24(33-22)25(35)32-11-4-5-12-34/h6-10,13-14,22-24,33-34H,4-5,11-12,15H2,1-3H3,(H,32,35)/t22-,23-,24+,27-/m0/s1. The Morgan fingerprint density at radius 3 is 2.51 bits per heavy atom. The molecule has 35 heavy (non-hydrogen) atoms. The van der Waals surface area contributed by atoms with Crippen LogP contribution in [0.15, 0.2) is 42.5 Å². The van der Waals surface area contributed by atoms with E-state index in [2.05, 4.69) is 16.7 Å². The second kappa shape index (κ2) is 11.3. The number of nitrogens with zero attached hydrogens (tertiary/aromatic N) is 1. The van der Waals surface area contributed by atoms with Gasteiger partial charge in [0.2, 0.25) is 5.91 Å². The summed E-state index contributed by atoms with van der Waals surface area (Å²) < 4.78 is 15.5. The van der Waals surface area contributed by atoms with E-state index in [0.29, 0.717) is 36.4 Å². The SMILES string of the molecule is CC(C)(C)C[C@@H]1N[C@@H](C(=O)NCCCCO)[C@H](c2cccc(Cl)c2)[C@@]1(C#N)c1ccc(Cl)cc1F. The monoisotopic (exact) mass is 519 g/mol. The molecule has 4 atom stereocenters. The van der Waals surface area contributed by atoms with E-state index in [1.807, 2.05) is 26.8 Å². The van der Waals surface area contributed by atoms with Crippen LogP contribution < -0.4 is 10.6 Å². The highest BCUT2D eigenvalue weighted by atomic mass is 35.5. The number of amides is 1. The van der Waals surface area contributed by atoms with Gasteiger partial charge in [0.15, 0.2) is 0 Å². The van der Waals surface area contributed by atoms with Crippen molar-refractivity contribution in [3.05, 3.63) is 69.5 Å². The van der Waals surface area contributed by atoms with Gasteiger partial charge in [-0.3, -0.25) is 4.79 Å². The molecule has 8 heteroatoms. The molecule has 0 unspecified atom stereocenters. The summed E-state index contributed by atoms with van der Waals surface area (Å²) in [6, 6.07) is 12.5. The lowest BCUT2D eigenvalue weighted by Crippen LogP contribution is -2.46. The van der Waals surface area contributed by atoms with Crippen LogP contribution >= 0.6 is 23.2 Å². The van der Waals surface area contributed by atoms with Crippen LogP contribution in [0, 0.1) is 22.6 Å². The van der Waals surface area contributed by atoms with E-state index in [4.69, 9.17) is 28.3 Å². The van der Waals surface area contributed by atoms with Crippen LogP contribution in [0.3, 0.4) is 0 Å². The Balaban J connectivity index is 2.21. The summed E-state index contributed by atoms with van der Waals surface area (Å²) >= 11 is 12.4. The minimum absolute atomic E-state index is 0.0454. The highest BCUT2D eigenvalue weighted by molar-refractivity contribution is 6.30. The van der Waals surface area contributed by atoms with E-state index in [1.54, 1.807) is 30.3 Å². The molecule has 1 heterocycles. The van der Waals surface area contributed by atoms with E-state index >= 15 is 4.39 Å². The molecule has 0 aliphatic carbocycles. The molecule has 2 aromatic rings. The lowest BCUT2D eigenvalue weighted by atomic mass is 9.62. The molecule has 2 aromatic carbocycles. The molecule has 1 saturated heterocycles. The van der Waals surface area contributed by atoms with Crippen molar-refractivity contribution in [3.63, 3.8) is 0 Å². The first kappa shape index (κ1) is 27.4. The molecule has 188 valence electrons. The third kappa shape index (κ3) is 5.98. The summed E-state index contributed by atoms with van der Waals surface area (Å²) in [5.74, 6) is -1.58. The second-order valence-corrected chi connectivity index (χ2v) is 11.2. The maximum Gasteiger partial charge on any atom is 0.237 e. The van der Waals surface area contributed by atoms with Crippen molar-refractivity contribution in [2.75, 3.05) is 13.2 Å².